The molecule has 2 nitrogen and oxygen atoms in total. The van der Waals surface area contributed by atoms with Crippen molar-refractivity contribution in [1.29, 1.82) is 0 Å². The van der Waals surface area contributed by atoms with Gasteiger partial charge in [-0.3, -0.25) is 0 Å². The molecule has 0 saturated carbocycles. The second-order valence-corrected chi connectivity index (χ2v) is 3.75. The van der Waals surface area contributed by atoms with E-state index < -0.39 is 14.0 Å². The fourth-order valence-electron chi connectivity index (χ4n) is 0.498. The minimum atomic E-state index is -2.86. The fraction of sp³-hybridized carbons (Fsp3) is 1.00. The summed E-state index contributed by atoms with van der Waals surface area (Å²) in [5.41, 5.74) is -2.86. The summed E-state index contributed by atoms with van der Waals surface area (Å²) in [6, 6.07) is 0. The first-order valence-electron chi connectivity index (χ1n) is 3.46. The molecule has 0 spiro atoms. The molecule has 0 saturated heterocycles. The molecule has 11 heavy (non-hydrogen) atoms. The first-order chi connectivity index (χ1) is 5.02. The van der Waals surface area contributed by atoms with Crippen LogP contribution in [0.2, 0.25) is 0 Å². The van der Waals surface area contributed by atoms with Gasteiger partial charge in [0.05, 0.1) is 13.2 Å². The van der Waals surface area contributed by atoms with Crippen LogP contribution >= 0.6 is 8.38 Å². The van der Waals surface area contributed by atoms with Crippen molar-refractivity contribution in [1.82, 2.24) is 0 Å². The minimum absolute atomic E-state index is 0.259. The topological polar surface area (TPSA) is 18.5 Å². The molecule has 0 heterocycles. The molecule has 68 valence electrons. The van der Waals surface area contributed by atoms with Crippen LogP contribution in [0.5, 0.6) is 0 Å². The zero-order chi connectivity index (χ0) is 8.91. The zero-order valence-electron chi connectivity index (χ0n) is 6.93. The summed E-state index contributed by atoms with van der Waals surface area (Å²) in [5.74, 6) is 0. The average Bonchev–Trinajstić information content (AvgIpc) is 1.85. The molecule has 0 aromatic rings. The largest absolute Gasteiger partial charge is 0.330 e. The molecule has 0 aliphatic heterocycles. The Kier molecular flexibility index (Phi) is 5.06. The lowest BCUT2D eigenvalue weighted by atomic mass is 10.9. The second kappa shape index (κ2) is 4.96. The van der Waals surface area contributed by atoms with Gasteiger partial charge in [-0.15, -0.1) is 0 Å². The summed E-state index contributed by atoms with van der Waals surface area (Å²) in [5, 5.41) is 0. The molecular formula is C6H13F2O2P. The van der Waals surface area contributed by atoms with Crippen LogP contribution in [0.15, 0.2) is 0 Å². The van der Waals surface area contributed by atoms with Gasteiger partial charge < -0.3 is 9.05 Å². The molecule has 5 heteroatoms. The minimum Gasteiger partial charge on any atom is -0.330 e. The molecule has 0 radical (unpaired) electrons. The van der Waals surface area contributed by atoms with Crippen LogP contribution in [0.1, 0.15) is 20.8 Å². The second-order valence-electron chi connectivity index (χ2n) is 1.93. The SMILES string of the molecule is CCOP(OCC)C(C)(F)F. The molecule has 0 rings (SSSR count). The van der Waals surface area contributed by atoms with Crippen molar-refractivity contribution < 1.29 is 17.8 Å². The maximum Gasteiger partial charge on any atom is 0.312 e. The molecule has 0 bridgehead atoms. The average molecular weight is 186 g/mol. The Morgan fingerprint density at radius 1 is 1.18 bits per heavy atom. The van der Waals surface area contributed by atoms with E-state index in [0.717, 1.165) is 6.92 Å². The lowest BCUT2D eigenvalue weighted by Crippen LogP contribution is -2.11. The molecule has 0 unspecified atom stereocenters. The molecule has 0 amide bonds. The van der Waals surface area contributed by atoms with Crippen molar-refractivity contribution in [2.45, 2.75) is 26.4 Å². The Balaban J connectivity index is 3.88. The van der Waals surface area contributed by atoms with E-state index in [1.165, 1.54) is 0 Å². The molecule has 0 aliphatic carbocycles. The number of hydrogen-bond donors (Lipinski definition) is 0. The number of hydrogen-bond acceptors (Lipinski definition) is 2. The predicted octanol–water partition coefficient (Wildman–Crippen LogP) is 2.98. The Labute approximate surface area is 66.8 Å². The highest BCUT2D eigenvalue weighted by Gasteiger charge is 2.36. The Morgan fingerprint density at radius 2 is 1.55 bits per heavy atom. The van der Waals surface area contributed by atoms with Gasteiger partial charge >= 0.3 is 5.66 Å². The van der Waals surface area contributed by atoms with Crippen LogP contribution in [-0.4, -0.2) is 18.9 Å². The molecule has 0 atom stereocenters. The smallest absolute Gasteiger partial charge is 0.312 e. The number of halogens is 2. The van der Waals surface area contributed by atoms with E-state index in [1.807, 2.05) is 0 Å². The standard InChI is InChI=1S/C6H13F2O2P/c1-4-9-11(10-5-2)6(3,7)8/h4-5H2,1-3H3. The van der Waals surface area contributed by atoms with Crippen molar-refractivity contribution in [3.05, 3.63) is 0 Å². The summed E-state index contributed by atoms with van der Waals surface area (Å²) in [7, 11) is -2.04. The summed E-state index contributed by atoms with van der Waals surface area (Å²) in [6.45, 7) is 4.66. The lowest BCUT2D eigenvalue weighted by molar-refractivity contribution is 0.0779. The zero-order valence-corrected chi connectivity index (χ0v) is 7.83. The third-order valence-corrected chi connectivity index (χ3v) is 2.44. The van der Waals surface area contributed by atoms with Gasteiger partial charge in [0.2, 0.25) is 8.38 Å². The molecule has 0 fully saturated rings. The van der Waals surface area contributed by atoms with Gasteiger partial charge in [0.25, 0.3) is 0 Å². The molecule has 0 aliphatic rings. The van der Waals surface area contributed by atoms with Crippen LogP contribution in [0.3, 0.4) is 0 Å². The van der Waals surface area contributed by atoms with E-state index in [2.05, 4.69) is 0 Å². The highest BCUT2D eigenvalue weighted by Crippen LogP contribution is 2.53. The molecule has 0 aromatic heterocycles. The molecular weight excluding hydrogens is 173 g/mol. The van der Waals surface area contributed by atoms with Crippen molar-refractivity contribution in [3.8, 4) is 0 Å². The van der Waals surface area contributed by atoms with Crippen LogP contribution < -0.4 is 0 Å². The third-order valence-electron chi connectivity index (χ3n) is 0.813. The Morgan fingerprint density at radius 3 is 1.73 bits per heavy atom. The third kappa shape index (κ3) is 4.62. The van der Waals surface area contributed by atoms with E-state index in [9.17, 15) is 8.78 Å². The number of rotatable bonds is 5. The van der Waals surface area contributed by atoms with Crippen molar-refractivity contribution in [2.75, 3.05) is 13.2 Å². The van der Waals surface area contributed by atoms with Gasteiger partial charge in [0, 0.05) is 6.92 Å². The first kappa shape index (κ1) is 11.2. The van der Waals surface area contributed by atoms with Crippen LogP contribution in [-0.2, 0) is 9.05 Å². The normalized spacial score (nSPS) is 12.5. The van der Waals surface area contributed by atoms with E-state index in [1.54, 1.807) is 13.8 Å². The van der Waals surface area contributed by atoms with Crippen molar-refractivity contribution >= 4 is 8.38 Å². The summed E-state index contributed by atoms with van der Waals surface area (Å²) < 4.78 is 34.6. The van der Waals surface area contributed by atoms with E-state index >= 15 is 0 Å². The predicted molar refractivity (Wildman–Crippen MR) is 40.8 cm³/mol. The van der Waals surface area contributed by atoms with Crippen LogP contribution in [0.4, 0.5) is 8.78 Å². The van der Waals surface area contributed by atoms with Gasteiger partial charge in [-0.05, 0) is 13.8 Å². The lowest BCUT2D eigenvalue weighted by Gasteiger charge is -2.20. The molecule has 0 aromatic carbocycles. The quantitative estimate of drug-likeness (QED) is 0.614. The van der Waals surface area contributed by atoms with Gasteiger partial charge in [-0.2, -0.15) is 8.78 Å². The van der Waals surface area contributed by atoms with Gasteiger partial charge in [-0.25, -0.2) is 0 Å². The van der Waals surface area contributed by atoms with E-state index in [0.29, 0.717) is 0 Å². The van der Waals surface area contributed by atoms with Crippen molar-refractivity contribution in [2.24, 2.45) is 0 Å². The molecule has 0 N–H and O–H groups in total. The number of alkyl halides is 2. The highest BCUT2D eigenvalue weighted by molar-refractivity contribution is 7.48. The van der Waals surface area contributed by atoms with Gasteiger partial charge in [0.1, 0.15) is 0 Å². The maximum atomic E-state index is 12.5. The maximum absolute atomic E-state index is 12.5. The summed E-state index contributed by atoms with van der Waals surface area (Å²) >= 11 is 0. The Hall–Kier alpha value is 0.210. The first-order valence-corrected chi connectivity index (χ1v) is 4.64. The van der Waals surface area contributed by atoms with Crippen molar-refractivity contribution in [3.63, 3.8) is 0 Å². The Bertz CT molecular complexity index is 99.2. The van der Waals surface area contributed by atoms with Gasteiger partial charge in [-0.1, -0.05) is 0 Å². The monoisotopic (exact) mass is 186 g/mol. The highest BCUT2D eigenvalue weighted by atomic mass is 31.2. The fourth-order valence-corrected chi connectivity index (χ4v) is 1.50. The summed E-state index contributed by atoms with van der Waals surface area (Å²) in [4.78, 5) is 0. The summed E-state index contributed by atoms with van der Waals surface area (Å²) in [6.07, 6.45) is 0. The van der Waals surface area contributed by atoms with E-state index in [4.69, 9.17) is 9.05 Å². The van der Waals surface area contributed by atoms with Gasteiger partial charge in [0.15, 0.2) is 0 Å². The van der Waals surface area contributed by atoms with Crippen LogP contribution in [0, 0.1) is 0 Å². The van der Waals surface area contributed by atoms with Crippen LogP contribution in [0.25, 0.3) is 0 Å². The van der Waals surface area contributed by atoms with E-state index in [-0.39, 0.29) is 13.2 Å².